The Hall–Kier alpha value is -0.430. The molecule has 0 saturated carbocycles. The molecule has 3 nitrogen and oxygen atoms in total. The van der Waals surface area contributed by atoms with Crippen molar-refractivity contribution in [2.75, 3.05) is 6.61 Å². The SMILES string of the molecule is CCOC(=O)C(CC)OSC(F)(F)F. The lowest BCUT2D eigenvalue weighted by Crippen LogP contribution is -2.25. The van der Waals surface area contributed by atoms with E-state index in [9.17, 15) is 18.0 Å². The normalized spacial score (nSPS) is 13.8. The summed E-state index contributed by atoms with van der Waals surface area (Å²) >= 11 is -0.680. The van der Waals surface area contributed by atoms with Gasteiger partial charge < -0.3 is 4.74 Å². The van der Waals surface area contributed by atoms with E-state index in [4.69, 9.17) is 0 Å². The lowest BCUT2D eigenvalue weighted by molar-refractivity contribution is -0.151. The van der Waals surface area contributed by atoms with E-state index in [2.05, 4.69) is 8.92 Å². The van der Waals surface area contributed by atoms with Crippen molar-refractivity contribution >= 4 is 18.0 Å². The van der Waals surface area contributed by atoms with Gasteiger partial charge in [-0.15, -0.1) is 0 Å². The third-order valence-electron chi connectivity index (χ3n) is 1.18. The summed E-state index contributed by atoms with van der Waals surface area (Å²) in [5.74, 6) is -0.772. The van der Waals surface area contributed by atoms with Crippen molar-refractivity contribution in [3.63, 3.8) is 0 Å². The third kappa shape index (κ3) is 6.09. The second-order valence-electron chi connectivity index (χ2n) is 2.27. The highest BCUT2D eigenvalue weighted by Gasteiger charge is 2.33. The summed E-state index contributed by atoms with van der Waals surface area (Å²) in [5.41, 5.74) is -4.50. The van der Waals surface area contributed by atoms with Crippen LogP contribution in [0.25, 0.3) is 0 Å². The minimum Gasteiger partial charge on any atom is -0.464 e. The lowest BCUT2D eigenvalue weighted by atomic mass is 10.3. The van der Waals surface area contributed by atoms with Crippen molar-refractivity contribution < 1.29 is 26.9 Å². The van der Waals surface area contributed by atoms with Gasteiger partial charge in [-0.2, -0.15) is 13.2 Å². The average Bonchev–Trinajstić information content (AvgIpc) is 2.03. The van der Waals surface area contributed by atoms with Gasteiger partial charge in [0.25, 0.3) is 0 Å². The van der Waals surface area contributed by atoms with Gasteiger partial charge in [-0.3, -0.25) is 4.18 Å². The van der Waals surface area contributed by atoms with E-state index in [1.165, 1.54) is 0 Å². The first-order chi connectivity index (χ1) is 6.40. The van der Waals surface area contributed by atoms with E-state index in [0.717, 1.165) is 0 Å². The zero-order valence-electron chi connectivity index (χ0n) is 7.76. The van der Waals surface area contributed by atoms with E-state index in [1.807, 2.05) is 0 Å². The van der Waals surface area contributed by atoms with Gasteiger partial charge in [-0.1, -0.05) is 6.92 Å². The van der Waals surface area contributed by atoms with Crippen molar-refractivity contribution in [2.24, 2.45) is 0 Å². The topological polar surface area (TPSA) is 35.5 Å². The maximum Gasteiger partial charge on any atom is 0.468 e. The molecule has 0 aromatic heterocycles. The molecule has 0 rings (SSSR count). The maximum atomic E-state index is 11.7. The second-order valence-corrected chi connectivity index (χ2v) is 3.10. The predicted molar refractivity (Wildman–Crippen MR) is 45.4 cm³/mol. The van der Waals surface area contributed by atoms with Crippen LogP contribution in [0.15, 0.2) is 0 Å². The number of halogens is 3. The third-order valence-corrected chi connectivity index (χ3v) is 1.70. The molecule has 0 aromatic rings. The Labute approximate surface area is 84.1 Å². The molecule has 84 valence electrons. The molecule has 0 N–H and O–H groups in total. The van der Waals surface area contributed by atoms with Crippen LogP contribution in [0.2, 0.25) is 0 Å². The summed E-state index contributed by atoms with van der Waals surface area (Å²) in [4.78, 5) is 11.0. The molecule has 0 saturated heterocycles. The molecule has 1 atom stereocenters. The Morgan fingerprint density at radius 2 is 2.00 bits per heavy atom. The van der Waals surface area contributed by atoms with E-state index >= 15 is 0 Å². The van der Waals surface area contributed by atoms with Crippen molar-refractivity contribution in [1.29, 1.82) is 0 Å². The van der Waals surface area contributed by atoms with E-state index < -0.39 is 29.6 Å². The molecule has 0 aliphatic rings. The number of ether oxygens (including phenoxy) is 1. The van der Waals surface area contributed by atoms with Gasteiger partial charge in [0.2, 0.25) is 0 Å². The van der Waals surface area contributed by atoms with Crippen LogP contribution in [0.3, 0.4) is 0 Å². The average molecular weight is 232 g/mol. The summed E-state index contributed by atoms with van der Waals surface area (Å²) in [6.45, 7) is 3.23. The fourth-order valence-electron chi connectivity index (χ4n) is 0.622. The van der Waals surface area contributed by atoms with Crippen LogP contribution in [0.1, 0.15) is 20.3 Å². The molecule has 0 aromatic carbocycles. The summed E-state index contributed by atoms with van der Waals surface area (Å²) in [7, 11) is 0. The zero-order valence-corrected chi connectivity index (χ0v) is 8.57. The van der Waals surface area contributed by atoms with Crippen molar-refractivity contribution in [1.82, 2.24) is 0 Å². The van der Waals surface area contributed by atoms with E-state index in [0.29, 0.717) is 0 Å². The van der Waals surface area contributed by atoms with Crippen molar-refractivity contribution in [3.8, 4) is 0 Å². The Bertz CT molecular complexity index is 184. The molecule has 0 fully saturated rings. The van der Waals surface area contributed by atoms with E-state index in [1.54, 1.807) is 13.8 Å². The number of esters is 1. The highest BCUT2D eigenvalue weighted by atomic mass is 32.2. The minimum absolute atomic E-state index is 0.120. The van der Waals surface area contributed by atoms with Gasteiger partial charge in [0.05, 0.1) is 6.61 Å². The molecule has 7 heteroatoms. The number of hydrogen-bond donors (Lipinski definition) is 0. The van der Waals surface area contributed by atoms with E-state index in [-0.39, 0.29) is 13.0 Å². The number of hydrogen-bond acceptors (Lipinski definition) is 4. The molecule has 1 unspecified atom stereocenters. The van der Waals surface area contributed by atoms with Gasteiger partial charge in [-0.25, -0.2) is 4.79 Å². The standard InChI is InChI=1S/C7H11F3O3S/c1-3-5(6(11)12-4-2)13-14-7(8,9)10/h5H,3-4H2,1-2H3. The summed E-state index contributed by atoms with van der Waals surface area (Å²) < 4.78 is 43.9. The monoisotopic (exact) mass is 232 g/mol. The smallest absolute Gasteiger partial charge is 0.464 e. The highest BCUT2D eigenvalue weighted by Crippen LogP contribution is 2.32. The summed E-state index contributed by atoms with van der Waals surface area (Å²) in [6, 6.07) is 0. The quantitative estimate of drug-likeness (QED) is 0.539. The van der Waals surface area contributed by atoms with Gasteiger partial charge in [0.1, 0.15) is 12.0 Å². The van der Waals surface area contributed by atoms with Gasteiger partial charge >= 0.3 is 11.5 Å². The molecule has 0 heterocycles. The number of rotatable bonds is 5. The Morgan fingerprint density at radius 1 is 1.43 bits per heavy atom. The fraction of sp³-hybridized carbons (Fsp3) is 0.857. The first-order valence-corrected chi connectivity index (χ1v) is 4.72. The van der Waals surface area contributed by atoms with Crippen LogP contribution in [0, 0.1) is 0 Å². The van der Waals surface area contributed by atoms with Gasteiger partial charge in [0.15, 0.2) is 6.10 Å². The molecule has 0 aliphatic heterocycles. The molecule has 0 amide bonds. The van der Waals surface area contributed by atoms with Crippen molar-refractivity contribution in [3.05, 3.63) is 0 Å². The highest BCUT2D eigenvalue weighted by molar-refractivity contribution is 7.95. The first-order valence-electron chi connectivity index (χ1n) is 3.98. The van der Waals surface area contributed by atoms with Crippen LogP contribution in [0.5, 0.6) is 0 Å². The maximum absolute atomic E-state index is 11.7. The van der Waals surface area contributed by atoms with Crippen LogP contribution >= 0.6 is 12.0 Å². The Balaban J connectivity index is 3.97. The lowest BCUT2D eigenvalue weighted by Gasteiger charge is -2.13. The molecular weight excluding hydrogens is 221 g/mol. The summed E-state index contributed by atoms with van der Waals surface area (Å²) in [6.07, 6.45) is -1.02. The van der Waals surface area contributed by atoms with Crippen LogP contribution < -0.4 is 0 Å². The number of alkyl halides is 3. The van der Waals surface area contributed by atoms with Crippen LogP contribution in [-0.4, -0.2) is 24.2 Å². The Morgan fingerprint density at radius 3 is 2.36 bits per heavy atom. The molecule has 0 spiro atoms. The zero-order chi connectivity index (χ0) is 11.2. The van der Waals surface area contributed by atoms with Gasteiger partial charge in [-0.05, 0) is 13.3 Å². The van der Waals surface area contributed by atoms with Crippen LogP contribution in [0.4, 0.5) is 13.2 Å². The minimum atomic E-state index is -4.50. The van der Waals surface area contributed by atoms with Crippen molar-refractivity contribution in [2.45, 2.75) is 31.9 Å². The second kappa shape index (κ2) is 6.13. The molecule has 0 bridgehead atoms. The predicted octanol–water partition coefficient (Wildman–Crippen LogP) is 2.51. The largest absolute Gasteiger partial charge is 0.468 e. The van der Waals surface area contributed by atoms with Crippen LogP contribution in [-0.2, 0) is 13.7 Å². The fourth-order valence-corrected chi connectivity index (χ4v) is 1.06. The number of carbonyl (C=O) groups excluding carboxylic acids is 1. The molecule has 0 aliphatic carbocycles. The molecule has 0 radical (unpaired) electrons. The molecular formula is C7H11F3O3S. The summed E-state index contributed by atoms with van der Waals surface area (Å²) in [5, 5.41) is 0. The molecule has 14 heavy (non-hydrogen) atoms. The first kappa shape index (κ1) is 13.6. The number of carbonyl (C=O) groups is 1. The Kier molecular flexibility index (Phi) is 5.94. The van der Waals surface area contributed by atoms with Gasteiger partial charge in [0, 0.05) is 0 Å².